The Hall–Kier alpha value is -2.33. The van der Waals surface area contributed by atoms with Crippen molar-refractivity contribution in [1.29, 1.82) is 0 Å². The van der Waals surface area contributed by atoms with Gasteiger partial charge in [0, 0.05) is 17.9 Å². The molecule has 0 aliphatic carbocycles. The highest BCUT2D eigenvalue weighted by atomic mass is 16.6. The van der Waals surface area contributed by atoms with E-state index in [4.69, 9.17) is 9.47 Å². The predicted octanol–water partition coefficient (Wildman–Crippen LogP) is 2.71. The van der Waals surface area contributed by atoms with Gasteiger partial charge in [-0.25, -0.2) is 4.79 Å². The Balaban J connectivity index is 2.07. The third-order valence-electron chi connectivity index (χ3n) is 3.71. The molecule has 21 heavy (non-hydrogen) atoms. The highest BCUT2D eigenvalue weighted by molar-refractivity contribution is 5.89. The van der Waals surface area contributed by atoms with Crippen molar-refractivity contribution in [3.63, 3.8) is 0 Å². The summed E-state index contributed by atoms with van der Waals surface area (Å²) in [6.07, 6.45) is -0.381. The SMILES string of the molecule is COC(=O)c1ccc2c(c1)[C@@H](c1ccccc1)CC(O)O2. The molecule has 0 saturated carbocycles. The monoisotopic (exact) mass is 284 g/mol. The van der Waals surface area contributed by atoms with Crippen molar-refractivity contribution in [3.8, 4) is 5.75 Å². The molecule has 1 unspecified atom stereocenters. The minimum Gasteiger partial charge on any atom is -0.465 e. The second-order valence-corrected chi connectivity index (χ2v) is 5.02. The van der Waals surface area contributed by atoms with Crippen LogP contribution in [0.4, 0.5) is 0 Å². The molecule has 2 aromatic carbocycles. The van der Waals surface area contributed by atoms with Crippen molar-refractivity contribution in [3.05, 3.63) is 65.2 Å². The van der Waals surface area contributed by atoms with Gasteiger partial charge in [-0.15, -0.1) is 0 Å². The minimum atomic E-state index is -0.841. The van der Waals surface area contributed by atoms with Gasteiger partial charge in [0.15, 0.2) is 6.29 Å². The third kappa shape index (κ3) is 2.62. The Kier molecular flexibility index (Phi) is 3.62. The van der Waals surface area contributed by atoms with Gasteiger partial charge >= 0.3 is 5.97 Å². The van der Waals surface area contributed by atoms with Gasteiger partial charge in [-0.05, 0) is 23.8 Å². The first-order chi connectivity index (χ1) is 10.2. The number of ether oxygens (including phenoxy) is 2. The maximum Gasteiger partial charge on any atom is 0.337 e. The average Bonchev–Trinajstić information content (AvgIpc) is 2.53. The van der Waals surface area contributed by atoms with E-state index < -0.39 is 6.29 Å². The maximum atomic E-state index is 11.7. The molecule has 0 bridgehead atoms. The normalized spacial score (nSPS) is 20.3. The van der Waals surface area contributed by atoms with E-state index in [1.165, 1.54) is 7.11 Å². The van der Waals surface area contributed by atoms with Crippen LogP contribution in [0, 0.1) is 0 Å². The van der Waals surface area contributed by atoms with Gasteiger partial charge in [0.1, 0.15) is 5.75 Å². The molecule has 0 saturated heterocycles. The Morgan fingerprint density at radius 1 is 1.24 bits per heavy atom. The first kappa shape index (κ1) is 13.6. The molecule has 1 aliphatic rings. The fraction of sp³-hybridized carbons (Fsp3) is 0.235. The van der Waals surface area contributed by atoms with Crippen LogP contribution < -0.4 is 4.74 Å². The molecule has 0 radical (unpaired) electrons. The number of aliphatic hydroxyl groups is 1. The largest absolute Gasteiger partial charge is 0.465 e. The van der Waals surface area contributed by atoms with Crippen LogP contribution in [0.15, 0.2) is 48.5 Å². The van der Waals surface area contributed by atoms with Gasteiger partial charge in [-0.2, -0.15) is 0 Å². The summed E-state index contributed by atoms with van der Waals surface area (Å²) >= 11 is 0. The van der Waals surface area contributed by atoms with Gasteiger partial charge in [0.2, 0.25) is 0 Å². The van der Waals surface area contributed by atoms with E-state index in [-0.39, 0.29) is 11.9 Å². The summed E-state index contributed by atoms with van der Waals surface area (Å²) in [4.78, 5) is 11.7. The van der Waals surface area contributed by atoms with Crippen LogP contribution in [0.3, 0.4) is 0 Å². The summed E-state index contributed by atoms with van der Waals surface area (Å²) in [5.41, 5.74) is 2.47. The topological polar surface area (TPSA) is 55.8 Å². The molecule has 3 rings (SSSR count). The lowest BCUT2D eigenvalue weighted by Gasteiger charge is -2.30. The van der Waals surface area contributed by atoms with E-state index in [1.807, 2.05) is 30.3 Å². The number of carbonyl (C=O) groups excluding carboxylic acids is 1. The number of carbonyl (C=O) groups is 1. The molecule has 2 atom stereocenters. The van der Waals surface area contributed by atoms with Crippen LogP contribution >= 0.6 is 0 Å². The lowest BCUT2D eigenvalue weighted by molar-refractivity contribution is -0.0359. The Labute approximate surface area is 122 Å². The van der Waals surface area contributed by atoms with Crippen LogP contribution in [-0.2, 0) is 4.74 Å². The lowest BCUT2D eigenvalue weighted by atomic mass is 9.85. The third-order valence-corrected chi connectivity index (χ3v) is 3.71. The van der Waals surface area contributed by atoms with Crippen molar-refractivity contribution in [2.24, 2.45) is 0 Å². The fourth-order valence-corrected chi connectivity index (χ4v) is 2.70. The van der Waals surface area contributed by atoms with Crippen LogP contribution in [0.25, 0.3) is 0 Å². The summed E-state index contributed by atoms with van der Waals surface area (Å²) in [7, 11) is 1.36. The number of hydrogen-bond donors (Lipinski definition) is 1. The van der Waals surface area contributed by atoms with Crippen molar-refractivity contribution < 1.29 is 19.4 Å². The summed E-state index contributed by atoms with van der Waals surface area (Å²) < 4.78 is 10.2. The van der Waals surface area contributed by atoms with Gasteiger partial charge < -0.3 is 14.6 Å². The zero-order valence-electron chi connectivity index (χ0n) is 11.7. The van der Waals surface area contributed by atoms with Crippen molar-refractivity contribution in [1.82, 2.24) is 0 Å². The number of methoxy groups -OCH3 is 1. The second kappa shape index (κ2) is 5.58. The molecule has 1 heterocycles. The van der Waals surface area contributed by atoms with Crippen LogP contribution in [0.2, 0.25) is 0 Å². The fourth-order valence-electron chi connectivity index (χ4n) is 2.70. The highest BCUT2D eigenvalue weighted by Gasteiger charge is 2.29. The van der Waals surface area contributed by atoms with Gasteiger partial charge in [0.05, 0.1) is 12.7 Å². The summed E-state index contributed by atoms with van der Waals surface area (Å²) in [6, 6.07) is 15.0. The molecule has 1 aliphatic heterocycles. The van der Waals surface area contributed by atoms with Crippen molar-refractivity contribution in [2.45, 2.75) is 18.6 Å². The number of esters is 1. The quantitative estimate of drug-likeness (QED) is 0.861. The molecular formula is C17H16O4. The van der Waals surface area contributed by atoms with Crippen LogP contribution in [0.5, 0.6) is 5.75 Å². The molecule has 0 fully saturated rings. The molecule has 108 valence electrons. The zero-order chi connectivity index (χ0) is 14.8. The maximum absolute atomic E-state index is 11.7. The second-order valence-electron chi connectivity index (χ2n) is 5.02. The molecule has 0 amide bonds. The lowest BCUT2D eigenvalue weighted by Crippen LogP contribution is -2.26. The van der Waals surface area contributed by atoms with Crippen molar-refractivity contribution in [2.75, 3.05) is 7.11 Å². The molecule has 1 N–H and O–H groups in total. The van der Waals surface area contributed by atoms with Gasteiger partial charge in [0.25, 0.3) is 0 Å². The van der Waals surface area contributed by atoms with Gasteiger partial charge in [-0.3, -0.25) is 0 Å². The molecule has 2 aromatic rings. The number of aliphatic hydroxyl groups excluding tert-OH is 1. The summed E-state index contributed by atoms with van der Waals surface area (Å²) in [5, 5.41) is 9.90. The van der Waals surface area contributed by atoms with E-state index in [1.54, 1.807) is 18.2 Å². The number of hydrogen-bond acceptors (Lipinski definition) is 4. The van der Waals surface area contributed by atoms with E-state index >= 15 is 0 Å². The molecule has 4 heteroatoms. The highest BCUT2D eigenvalue weighted by Crippen LogP contribution is 2.40. The molecule has 0 spiro atoms. The van der Waals surface area contributed by atoms with Crippen LogP contribution in [-0.4, -0.2) is 24.5 Å². The first-order valence-electron chi connectivity index (χ1n) is 6.81. The number of rotatable bonds is 2. The summed E-state index contributed by atoms with van der Waals surface area (Å²) in [5.74, 6) is 0.223. The minimum absolute atomic E-state index is 0.00504. The first-order valence-corrected chi connectivity index (χ1v) is 6.81. The molecular weight excluding hydrogens is 268 g/mol. The van der Waals surface area contributed by atoms with Gasteiger partial charge in [-0.1, -0.05) is 30.3 Å². The van der Waals surface area contributed by atoms with E-state index in [0.717, 1.165) is 11.1 Å². The van der Waals surface area contributed by atoms with Crippen LogP contribution in [0.1, 0.15) is 33.8 Å². The van der Waals surface area contributed by atoms with E-state index in [0.29, 0.717) is 17.7 Å². The smallest absolute Gasteiger partial charge is 0.337 e. The van der Waals surface area contributed by atoms with Crippen molar-refractivity contribution >= 4 is 5.97 Å². The zero-order valence-corrected chi connectivity index (χ0v) is 11.7. The Bertz CT molecular complexity index is 651. The predicted molar refractivity (Wildman–Crippen MR) is 77.3 cm³/mol. The summed E-state index contributed by atoms with van der Waals surface area (Å²) in [6.45, 7) is 0. The molecule has 0 aromatic heterocycles. The Morgan fingerprint density at radius 2 is 2.00 bits per heavy atom. The number of fused-ring (bicyclic) bond motifs is 1. The van der Waals surface area contributed by atoms with E-state index in [9.17, 15) is 9.90 Å². The Morgan fingerprint density at radius 3 is 2.71 bits per heavy atom. The number of benzene rings is 2. The standard InChI is InChI=1S/C17H16O4/c1-20-17(19)12-7-8-15-14(9-12)13(10-16(18)21-15)11-5-3-2-4-6-11/h2-9,13,16,18H,10H2,1H3/t13-,16?/m1/s1. The average molecular weight is 284 g/mol. The van der Waals surface area contributed by atoms with E-state index in [2.05, 4.69) is 0 Å². The molecule has 4 nitrogen and oxygen atoms in total.